The van der Waals surface area contributed by atoms with Crippen LogP contribution in [-0.4, -0.2) is 28.3 Å². The lowest BCUT2D eigenvalue weighted by molar-refractivity contribution is 0.802. The molecule has 0 atom stereocenters. The fourth-order valence-corrected chi connectivity index (χ4v) is 3.43. The van der Waals surface area contributed by atoms with Gasteiger partial charge in [0, 0.05) is 10.1 Å². The number of rotatable bonds is 2. The first-order valence-electron chi connectivity index (χ1n) is 4.74. The van der Waals surface area contributed by atoms with Gasteiger partial charge in [-0.05, 0) is 0 Å². The summed E-state index contributed by atoms with van der Waals surface area (Å²) in [6.45, 7) is 7.24. The van der Waals surface area contributed by atoms with Crippen LogP contribution >= 0.6 is 23.1 Å². The molecule has 0 fully saturated rings. The maximum atomic E-state index is 4.55. The lowest BCUT2D eigenvalue weighted by Crippen LogP contribution is -2.07. The molecule has 0 bridgehead atoms. The summed E-state index contributed by atoms with van der Waals surface area (Å²) in [6.07, 6.45) is 1.60. The zero-order valence-corrected chi connectivity index (χ0v) is 10.7. The highest BCUT2D eigenvalue weighted by atomic mass is 32.2. The number of aliphatic imine (C=N–C) groups is 2. The Kier molecular flexibility index (Phi) is 2.93. The van der Waals surface area contributed by atoms with Gasteiger partial charge in [-0.3, -0.25) is 4.99 Å². The van der Waals surface area contributed by atoms with Crippen LogP contribution in [0.25, 0.3) is 0 Å². The summed E-state index contributed by atoms with van der Waals surface area (Å²) in [5.74, 6) is 0. The SMILES string of the molecule is CC(C)(C)Sc1nc(C2=NC=NC2)cs1. The molecule has 3 nitrogen and oxygen atoms in total. The van der Waals surface area contributed by atoms with Crippen LogP contribution in [0.1, 0.15) is 26.5 Å². The second-order valence-electron chi connectivity index (χ2n) is 4.25. The molecule has 80 valence electrons. The number of aromatic nitrogens is 1. The highest BCUT2D eigenvalue weighted by Crippen LogP contribution is 2.33. The third-order valence-electron chi connectivity index (χ3n) is 1.71. The predicted molar refractivity (Wildman–Crippen MR) is 67.6 cm³/mol. The fourth-order valence-electron chi connectivity index (χ4n) is 1.12. The van der Waals surface area contributed by atoms with Crippen molar-refractivity contribution in [3.63, 3.8) is 0 Å². The normalized spacial score (nSPS) is 15.8. The van der Waals surface area contributed by atoms with Crippen molar-refractivity contribution >= 4 is 35.1 Å². The van der Waals surface area contributed by atoms with Crippen LogP contribution in [0, 0.1) is 0 Å². The largest absolute Gasteiger partial charge is 0.267 e. The van der Waals surface area contributed by atoms with Gasteiger partial charge in [0.15, 0.2) is 4.34 Å². The minimum Gasteiger partial charge on any atom is -0.267 e. The van der Waals surface area contributed by atoms with Crippen molar-refractivity contribution in [2.45, 2.75) is 29.9 Å². The molecule has 0 radical (unpaired) electrons. The van der Waals surface area contributed by atoms with Crippen molar-refractivity contribution in [2.75, 3.05) is 6.54 Å². The van der Waals surface area contributed by atoms with E-state index in [9.17, 15) is 0 Å². The van der Waals surface area contributed by atoms with Gasteiger partial charge in [0.05, 0.1) is 18.0 Å². The zero-order valence-electron chi connectivity index (χ0n) is 9.02. The van der Waals surface area contributed by atoms with Gasteiger partial charge in [0.1, 0.15) is 6.34 Å². The molecule has 2 heterocycles. The first-order valence-corrected chi connectivity index (χ1v) is 6.44. The van der Waals surface area contributed by atoms with Crippen LogP contribution < -0.4 is 0 Å². The lowest BCUT2D eigenvalue weighted by Gasteiger charge is -2.14. The Balaban J connectivity index is 2.11. The molecule has 0 amide bonds. The Morgan fingerprint density at radius 1 is 1.40 bits per heavy atom. The van der Waals surface area contributed by atoms with E-state index in [4.69, 9.17) is 0 Å². The Hall–Kier alpha value is -0.680. The Morgan fingerprint density at radius 3 is 2.80 bits per heavy atom. The van der Waals surface area contributed by atoms with Crippen molar-refractivity contribution in [1.29, 1.82) is 0 Å². The van der Waals surface area contributed by atoms with Crippen LogP contribution in [-0.2, 0) is 0 Å². The molecule has 2 rings (SSSR count). The van der Waals surface area contributed by atoms with Crippen LogP contribution in [0.4, 0.5) is 0 Å². The van der Waals surface area contributed by atoms with E-state index in [1.54, 1.807) is 29.4 Å². The maximum Gasteiger partial charge on any atom is 0.151 e. The van der Waals surface area contributed by atoms with Gasteiger partial charge < -0.3 is 0 Å². The van der Waals surface area contributed by atoms with Crippen LogP contribution in [0.15, 0.2) is 19.7 Å². The summed E-state index contributed by atoms with van der Waals surface area (Å²) >= 11 is 3.47. The van der Waals surface area contributed by atoms with Gasteiger partial charge in [-0.1, -0.05) is 32.5 Å². The number of thiazole rings is 1. The van der Waals surface area contributed by atoms with E-state index in [0.29, 0.717) is 6.54 Å². The molecule has 0 saturated carbocycles. The minimum absolute atomic E-state index is 0.211. The molecular formula is C10H13N3S2. The van der Waals surface area contributed by atoms with E-state index in [0.717, 1.165) is 15.7 Å². The smallest absolute Gasteiger partial charge is 0.151 e. The molecule has 5 heteroatoms. The summed E-state index contributed by atoms with van der Waals surface area (Å²) in [4.78, 5) is 12.8. The number of hydrogen-bond acceptors (Lipinski definition) is 5. The van der Waals surface area contributed by atoms with Crippen molar-refractivity contribution in [2.24, 2.45) is 9.98 Å². The maximum absolute atomic E-state index is 4.55. The Morgan fingerprint density at radius 2 is 2.20 bits per heavy atom. The molecule has 1 aromatic rings. The van der Waals surface area contributed by atoms with E-state index in [1.165, 1.54) is 0 Å². The van der Waals surface area contributed by atoms with Crippen LogP contribution in [0.3, 0.4) is 0 Å². The average molecular weight is 239 g/mol. The topological polar surface area (TPSA) is 37.6 Å². The van der Waals surface area contributed by atoms with Gasteiger partial charge in [0.25, 0.3) is 0 Å². The molecule has 1 aliphatic heterocycles. The van der Waals surface area contributed by atoms with Gasteiger partial charge in [-0.15, -0.1) is 11.3 Å². The Bertz CT molecular complexity index is 413. The lowest BCUT2D eigenvalue weighted by atomic mass is 10.3. The van der Waals surface area contributed by atoms with Gasteiger partial charge in [0.2, 0.25) is 0 Å². The molecule has 1 aromatic heterocycles. The molecule has 1 aliphatic rings. The molecule has 0 N–H and O–H groups in total. The molecular weight excluding hydrogens is 226 g/mol. The first kappa shape index (κ1) is 10.8. The second kappa shape index (κ2) is 4.06. The van der Waals surface area contributed by atoms with E-state index in [2.05, 4.69) is 41.1 Å². The van der Waals surface area contributed by atoms with E-state index >= 15 is 0 Å². The third kappa shape index (κ3) is 2.89. The molecule has 0 saturated heterocycles. The standard InChI is InChI=1S/C10H13N3S2/c1-10(2,3)15-9-13-8(5-14-9)7-4-11-6-12-7/h5-6H,4H2,1-3H3. The van der Waals surface area contributed by atoms with Crippen molar-refractivity contribution in [3.8, 4) is 0 Å². The number of thioether (sulfide) groups is 1. The summed E-state index contributed by atoms with van der Waals surface area (Å²) in [5.41, 5.74) is 1.95. The van der Waals surface area contributed by atoms with Crippen LogP contribution in [0.2, 0.25) is 0 Å². The molecule has 0 aromatic carbocycles. The van der Waals surface area contributed by atoms with Gasteiger partial charge in [-0.25, -0.2) is 9.98 Å². The number of hydrogen-bond donors (Lipinski definition) is 0. The highest BCUT2D eigenvalue weighted by Gasteiger charge is 2.16. The van der Waals surface area contributed by atoms with Crippen molar-refractivity contribution in [3.05, 3.63) is 11.1 Å². The minimum atomic E-state index is 0.211. The molecule has 0 unspecified atom stereocenters. The summed E-state index contributed by atoms with van der Waals surface area (Å²) in [6, 6.07) is 0. The summed E-state index contributed by atoms with van der Waals surface area (Å²) < 4.78 is 1.32. The molecule has 0 spiro atoms. The van der Waals surface area contributed by atoms with Gasteiger partial charge in [-0.2, -0.15) is 0 Å². The van der Waals surface area contributed by atoms with Crippen LogP contribution in [0.5, 0.6) is 0 Å². The molecule has 15 heavy (non-hydrogen) atoms. The van der Waals surface area contributed by atoms with Gasteiger partial charge >= 0.3 is 0 Å². The predicted octanol–water partition coefficient (Wildman–Crippen LogP) is 2.86. The zero-order chi connectivity index (χ0) is 10.9. The fraction of sp³-hybridized carbons (Fsp3) is 0.500. The monoisotopic (exact) mass is 239 g/mol. The average Bonchev–Trinajstić information content (AvgIpc) is 2.68. The first-order chi connectivity index (χ1) is 7.04. The van der Waals surface area contributed by atoms with Crippen molar-refractivity contribution in [1.82, 2.24) is 4.98 Å². The quantitative estimate of drug-likeness (QED) is 0.744. The van der Waals surface area contributed by atoms with Crippen molar-refractivity contribution < 1.29 is 0 Å². The Labute approximate surface area is 97.8 Å². The van der Waals surface area contributed by atoms with E-state index < -0.39 is 0 Å². The van der Waals surface area contributed by atoms with E-state index in [1.807, 2.05) is 0 Å². The summed E-state index contributed by atoms with van der Waals surface area (Å²) in [7, 11) is 0. The molecule has 0 aliphatic carbocycles. The third-order valence-corrected chi connectivity index (χ3v) is 3.76. The van der Waals surface area contributed by atoms with E-state index in [-0.39, 0.29) is 4.75 Å². The second-order valence-corrected chi connectivity index (χ2v) is 7.18. The summed E-state index contributed by atoms with van der Waals surface area (Å²) in [5, 5.41) is 2.06. The number of nitrogens with zero attached hydrogens (tertiary/aromatic N) is 3. The highest BCUT2D eigenvalue weighted by molar-refractivity contribution is 8.02.